The maximum absolute atomic E-state index is 13.9. The third-order valence-corrected chi connectivity index (χ3v) is 9.10. The summed E-state index contributed by atoms with van der Waals surface area (Å²) in [5.74, 6) is 0.987. The van der Waals surface area contributed by atoms with Crippen LogP contribution >= 0.6 is 11.3 Å². The lowest BCUT2D eigenvalue weighted by Crippen LogP contribution is -2.65. The second-order valence-electron chi connectivity index (χ2n) is 10.5. The average Bonchev–Trinajstić information content (AvgIpc) is 3.42. The smallest absolute Gasteiger partial charge is 0.271 e. The number of thiophene rings is 1. The molecular weight excluding hydrogens is 442 g/mol. The van der Waals surface area contributed by atoms with E-state index >= 15 is 0 Å². The Labute approximate surface area is 206 Å². The van der Waals surface area contributed by atoms with Gasteiger partial charge in [-0.05, 0) is 61.1 Å². The van der Waals surface area contributed by atoms with Gasteiger partial charge in [-0.15, -0.1) is 11.3 Å². The minimum Gasteiger partial charge on any atom is -0.351 e. The Morgan fingerprint density at radius 1 is 1.18 bits per heavy atom. The van der Waals surface area contributed by atoms with E-state index in [2.05, 4.69) is 47.3 Å². The molecule has 6 heteroatoms. The van der Waals surface area contributed by atoms with Gasteiger partial charge >= 0.3 is 0 Å². The lowest BCUT2D eigenvalue weighted by molar-refractivity contribution is -0.134. The molecule has 5 nitrogen and oxygen atoms in total. The van der Waals surface area contributed by atoms with E-state index in [0.29, 0.717) is 30.6 Å². The SMILES string of the molecule is CC1CCCC(NC(=O)C2(C)Cn3c(cc4sccc43)C(=O)N2CCCc2ccccc2)C1C. The van der Waals surface area contributed by atoms with Crippen LogP contribution in [-0.4, -0.2) is 39.4 Å². The quantitative estimate of drug-likeness (QED) is 0.510. The van der Waals surface area contributed by atoms with E-state index in [-0.39, 0.29) is 17.9 Å². The van der Waals surface area contributed by atoms with Crippen LogP contribution in [0.1, 0.15) is 62.5 Å². The van der Waals surface area contributed by atoms with Crippen LogP contribution in [0.5, 0.6) is 0 Å². The van der Waals surface area contributed by atoms with Crippen molar-refractivity contribution in [1.29, 1.82) is 0 Å². The lowest BCUT2D eigenvalue weighted by Gasteiger charge is -2.45. The van der Waals surface area contributed by atoms with Gasteiger partial charge in [-0.25, -0.2) is 0 Å². The summed E-state index contributed by atoms with van der Waals surface area (Å²) in [7, 11) is 0. The van der Waals surface area contributed by atoms with Crippen molar-refractivity contribution >= 4 is 33.4 Å². The summed E-state index contributed by atoms with van der Waals surface area (Å²) in [5, 5.41) is 5.44. The predicted molar refractivity (Wildman–Crippen MR) is 138 cm³/mol. The summed E-state index contributed by atoms with van der Waals surface area (Å²) in [4.78, 5) is 29.6. The van der Waals surface area contributed by atoms with Gasteiger partial charge in [0.2, 0.25) is 5.91 Å². The van der Waals surface area contributed by atoms with Crippen molar-refractivity contribution in [2.24, 2.45) is 11.8 Å². The first-order valence-corrected chi connectivity index (χ1v) is 13.5. The third-order valence-electron chi connectivity index (χ3n) is 8.25. The van der Waals surface area contributed by atoms with Crippen LogP contribution in [0, 0.1) is 11.8 Å². The van der Waals surface area contributed by atoms with Gasteiger partial charge in [0.05, 0.1) is 16.8 Å². The number of nitrogens with one attached hydrogen (secondary N) is 1. The maximum Gasteiger partial charge on any atom is 0.271 e. The van der Waals surface area contributed by atoms with Gasteiger partial charge in [0.25, 0.3) is 5.91 Å². The van der Waals surface area contributed by atoms with E-state index in [1.165, 1.54) is 12.0 Å². The van der Waals surface area contributed by atoms with E-state index < -0.39 is 5.54 Å². The second-order valence-corrected chi connectivity index (χ2v) is 11.4. The van der Waals surface area contributed by atoms with E-state index in [9.17, 15) is 9.59 Å². The van der Waals surface area contributed by atoms with Gasteiger partial charge in [-0.1, -0.05) is 57.0 Å². The molecule has 0 saturated heterocycles. The van der Waals surface area contributed by atoms with Gasteiger partial charge in [0.1, 0.15) is 11.2 Å². The molecule has 1 fully saturated rings. The minimum absolute atomic E-state index is 0.0192. The fourth-order valence-electron chi connectivity index (χ4n) is 5.82. The van der Waals surface area contributed by atoms with E-state index in [4.69, 9.17) is 0 Å². The number of carbonyl (C=O) groups is 2. The summed E-state index contributed by atoms with van der Waals surface area (Å²) >= 11 is 1.64. The van der Waals surface area contributed by atoms with Crippen molar-refractivity contribution in [3.63, 3.8) is 0 Å². The molecule has 180 valence electrons. The van der Waals surface area contributed by atoms with Crippen LogP contribution in [-0.2, 0) is 17.8 Å². The zero-order chi connectivity index (χ0) is 23.9. The topological polar surface area (TPSA) is 54.3 Å². The molecule has 34 heavy (non-hydrogen) atoms. The average molecular weight is 478 g/mol. The van der Waals surface area contributed by atoms with Crippen LogP contribution in [0.25, 0.3) is 10.2 Å². The molecule has 4 atom stereocenters. The Balaban J connectivity index is 1.42. The lowest BCUT2D eigenvalue weighted by atomic mass is 9.77. The molecule has 3 heterocycles. The van der Waals surface area contributed by atoms with Crippen LogP contribution in [0.3, 0.4) is 0 Å². The van der Waals surface area contributed by atoms with Crippen molar-refractivity contribution in [3.05, 3.63) is 59.1 Å². The van der Waals surface area contributed by atoms with E-state index in [1.54, 1.807) is 11.3 Å². The first-order valence-electron chi connectivity index (χ1n) is 12.6. The number of nitrogens with zero attached hydrogens (tertiary/aromatic N) is 2. The minimum atomic E-state index is -0.922. The molecule has 1 aromatic carbocycles. The molecule has 0 bridgehead atoms. The van der Waals surface area contributed by atoms with Crippen molar-refractivity contribution in [1.82, 2.24) is 14.8 Å². The van der Waals surface area contributed by atoms with Gasteiger partial charge in [0, 0.05) is 12.6 Å². The summed E-state index contributed by atoms with van der Waals surface area (Å²) in [5.41, 5.74) is 2.09. The molecule has 4 unspecified atom stereocenters. The molecule has 2 aliphatic rings. The molecule has 2 amide bonds. The second kappa shape index (κ2) is 9.21. The monoisotopic (exact) mass is 477 g/mol. The Morgan fingerprint density at radius 2 is 1.97 bits per heavy atom. The molecule has 1 aliphatic heterocycles. The number of rotatable bonds is 6. The van der Waals surface area contributed by atoms with Crippen molar-refractivity contribution in [2.45, 2.75) is 71.0 Å². The number of carbonyl (C=O) groups excluding carboxylic acids is 2. The molecule has 1 aliphatic carbocycles. The molecule has 1 saturated carbocycles. The Morgan fingerprint density at radius 3 is 2.76 bits per heavy atom. The van der Waals surface area contributed by atoms with Crippen LogP contribution in [0.4, 0.5) is 0 Å². The molecule has 5 rings (SSSR count). The van der Waals surface area contributed by atoms with Gasteiger partial charge in [-0.2, -0.15) is 0 Å². The number of hydrogen-bond donors (Lipinski definition) is 1. The first kappa shape index (κ1) is 23.2. The van der Waals surface area contributed by atoms with Crippen molar-refractivity contribution < 1.29 is 9.59 Å². The van der Waals surface area contributed by atoms with Crippen molar-refractivity contribution in [2.75, 3.05) is 6.54 Å². The first-order chi connectivity index (χ1) is 16.4. The van der Waals surface area contributed by atoms with Gasteiger partial charge < -0.3 is 14.8 Å². The molecule has 0 radical (unpaired) electrons. The summed E-state index contributed by atoms with van der Waals surface area (Å²) < 4.78 is 3.17. The standard InChI is InChI=1S/C28H35N3O2S/c1-19-9-7-13-22(20(19)2)29-27(33)28(3)18-30-23-14-16-34-25(23)17-24(30)26(32)31(28)15-8-12-21-10-5-4-6-11-21/h4-6,10-11,14,16-17,19-20,22H,7-9,12-13,15,18H2,1-3H3,(H,29,33). The number of hydrogen-bond acceptors (Lipinski definition) is 3. The van der Waals surface area contributed by atoms with E-state index in [0.717, 1.165) is 35.9 Å². The summed E-state index contributed by atoms with van der Waals surface area (Å²) in [6.07, 6.45) is 5.08. The number of benzene rings is 1. The summed E-state index contributed by atoms with van der Waals surface area (Å²) in [6, 6.07) is 14.6. The maximum atomic E-state index is 13.9. The largest absolute Gasteiger partial charge is 0.351 e. The van der Waals surface area contributed by atoms with Crippen LogP contribution in [0.15, 0.2) is 47.8 Å². The normalized spacial score (nSPS) is 27.1. The highest BCUT2D eigenvalue weighted by molar-refractivity contribution is 7.17. The highest BCUT2D eigenvalue weighted by Crippen LogP contribution is 2.36. The fraction of sp³-hybridized carbons (Fsp3) is 0.500. The predicted octanol–water partition coefficient (Wildman–Crippen LogP) is 5.49. The summed E-state index contributed by atoms with van der Waals surface area (Å²) in [6.45, 7) is 7.54. The Hall–Kier alpha value is -2.60. The van der Waals surface area contributed by atoms with Crippen LogP contribution in [0.2, 0.25) is 0 Å². The fourth-order valence-corrected chi connectivity index (χ4v) is 6.64. The van der Waals surface area contributed by atoms with Crippen molar-refractivity contribution in [3.8, 4) is 0 Å². The highest BCUT2D eigenvalue weighted by atomic mass is 32.1. The number of aromatic nitrogens is 1. The van der Waals surface area contributed by atoms with Crippen LogP contribution < -0.4 is 5.32 Å². The zero-order valence-electron chi connectivity index (χ0n) is 20.4. The Bertz CT molecular complexity index is 1180. The molecule has 1 N–H and O–H groups in total. The highest BCUT2D eigenvalue weighted by Gasteiger charge is 2.48. The molecular formula is C28H35N3O2S. The number of aryl methyl sites for hydroxylation is 1. The van der Waals surface area contributed by atoms with Gasteiger partial charge in [-0.3, -0.25) is 9.59 Å². The number of amides is 2. The zero-order valence-corrected chi connectivity index (χ0v) is 21.2. The molecule has 0 spiro atoms. The Kier molecular flexibility index (Phi) is 6.28. The number of fused-ring (bicyclic) bond motifs is 3. The molecule has 3 aromatic rings. The molecule has 2 aromatic heterocycles. The van der Waals surface area contributed by atoms with Gasteiger partial charge in [0.15, 0.2) is 0 Å². The third kappa shape index (κ3) is 4.06. The van der Waals surface area contributed by atoms with E-state index in [1.807, 2.05) is 36.1 Å².